The van der Waals surface area contributed by atoms with Crippen LogP contribution in [0.15, 0.2) is 23.8 Å². The van der Waals surface area contributed by atoms with Crippen molar-refractivity contribution in [2.75, 3.05) is 32.7 Å². The highest BCUT2D eigenvalue weighted by molar-refractivity contribution is 5.23. The summed E-state index contributed by atoms with van der Waals surface area (Å²) in [5, 5.41) is 3.49. The molecule has 0 aromatic rings. The van der Waals surface area contributed by atoms with Crippen molar-refractivity contribution < 1.29 is 0 Å². The zero-order valence-corrected chi connectivity index (χ0v) is 8.84. The van der Waals surface area contributed by atoms with Gasteiger partial charge in [0.2, 0.25) is 0 Å². The van der Waals surface area contributed by atoms with Crippen molar-refractivity contribution in [3.8, 4) is 0 Å². The molecule has 0 aromatic carbocycles. The molecule has 2 heteroatoms. The van der Waals surface area contributed by atoms with E-state index in [0.29, 0.717) is 0 Å². The lowest BCUT2D eigenvalue weighted by Gasteiger charge is -2.05. The maximum atomic E-state index is 3.49. The Kier molecular flexibility index (Phi) is 3.78. The predicted octanol–water partition coefficient (Wildman–Crippen LogP) is 1.56. The molecule has 0 radical (unpaired) electrons. The van der Waals surface area contributed by atoms with Crippen LogP contribution in [0.4, 0.5) is 0 Å². The maximum absolute atomic E-state index is 3.49. The van der Waals surface area contributed by atoms with Crippen molar-refractivity contribution in [1.82, 2.24) is 10.2 Å². The van der Waals surface area contributed by atoms with Crippen LogP contribution >= 0.6 is 0 Å². The molecule has 2 rings (SSSR count). The number of allylic oxidation sites excluding steroid dienone is 3. The highest BCUT2D eigenvalue weighted by atomic mass is 15.2. The molecule has 0 atom stereocenters. The van der Waals surface area contributed by atoms with Gasteiger partial charge < -0.3 is 10.2 Å². The Morgan fingerprint density at radius 2 is 2.21 bits per heavy atom. The van der Waals surface area contributed by atoms with E-state index >= 15 is 0 Å². The third-order valence-electron chi connectivity index (χ3n) is 2.82. The lowest BCUT2D eigenvalue weighted by Crippen LogP contribution is -2.18. The third-order valence-corrected chi connectivity index (χ3v) is 2.82. The van der Waals surface area contributed by atoms with Gasteiger partial charge in [0, 0.05) is 19.6 Å². The maximum Gasteiger partial charge on any atom is 0.0170 e. The van der Waals surface area contributed by atoms with Crippen LogP contribution in [0, 0.1) is 0 Å². The smallest absolute Gasteiger partial charge is 0.0170 e. The Morgan fingerprint density at radius 1 is 1.29 bits per heavy atom. The summed E-state index contributed by atoms with van der Waals surface area (Å²) >= 11 is 0. The van der Waals surface area contributed by atoms with Crippen molar-refractivity contribution in [1.29, 1.82) is 0 Å². The van der Waals surface area contributed by atoms with Gasteiger partial charge in [-0.05, 0) is 32.4 Å². The van der Waals surface area contributed by atoms with E-state index < -0.39 is 0 Å². The molecule has 0 aromatic heterocycles. The summed E-state index contributed by atoms with van der Waals surface area (Å²) in [5.74, 6) is 0. The Balaban J connectivity index is 1.39. The third kappa shape index (κ3) is 3.64. The summed E-state index contributed by atoms with van der Waals surface area (Å²) in [6, 6.07) is 0. The van der Waals surface area contributed by atoms with Gasteiger partial charge in [-0.2, -0.15) is 0 Å². The van der Waals surface area contributed by atoms with Crippen LogP contribution in [0.5, 0.6) is 0 Å². The summed E-state index contributed by atoms with van der Waals surface area (Å²) in [7, 11) is 0. The first kappa shape index (κ1) is 9.94. The van der Waals surface area contributed by atoms with Gasteiger partial charge in [-0.15, -0.1) is 0 Å². The predicted molar refractivity (Wildman–Crippen MR) is 60.4 cm³/mol. The monoisotopic (exact) mass is 192 g/mol. The molecule has 1 fully saturated rings. The van der Waals surface area contributed by atoms with Crippen LogP contribution in [0.2, 0.25) is 0 Å². The number of rotatable bonds is 7. The van der Waals surface area contributed by atoms with Crippen LogP contribution in [0.1, 0.15) is 19.3 Å². The zero-order valence-electron chi connectivity index (χ0n) is 8.84. The van der Waals surface area contributed by atoms with E-state index in [0.717, 1.165) is 13.0 Å². The van der Waals surface area contributed by atoms with Gasteiger partial charge in [0.05, 0.1) is 0 Å². The molecule has 2 nitrogen and oxygen atoms in total. The second-order valence-corrected chi connectivity index (χ2v) is 4.18. The summed E-state index contributed by atoms with van der Waals surface area (Å²) in [6.07, 6.45) is 10.4. The van der Waals surface area contributed by atoms with Crippen molar-refractivity contribution in [2.24, 2.45) is 0 Å². The lowest BCUT2D eigenvalue weighted by molar-refractivity contribution is 0.511. The Hall–Kier alpha value is -0.600. The molecule has 14 heavy (non-hydrogen) atoms. The van der Waals surface area contributed by atoms with Crippen molar-refractivity contribution in [2.45, 2.75) is 19.3 Å². The van der Waals surface area contributed by atoms with E-state index in [1.807, 2.05) is 0 Å². The van der Waals surface area contributed by atoms with Crippen LogP contribution < -0.4 is 5.32 Å². The normalized spacial score (nSPS) is 20.1. The zero-order chi connectivity index (χ0) is 9.64. The number of unbranched alkanes of at least 4 members (excludes halogenated alkanes) is 1. The molecule has 1 N–H and O–H groups in total. The highest BCUT2D eigenvalue weighted by Gasteiger charge is 2.14. The second-order valence-electron chi connectivity index (χ2n) is 4.18. The molecule has 1 saturated heterocycles. The molecule has 78 valence electrons. The largest absolute Gasteiger partial charge is 0.313 e. The summed E-state index contributed by atoms with van der Waals surface area (Å²) in [4.78, 5) is 2.49. The fourth-order valence-electron chi connectivity index (χ4n) is 1.75. The molecular formula is C12H20N2. The number of nitrogens with one attached hydrogen (secondary N) is 1. The molecular weight excluding hydrogens is 172 g/mol. The molecule has 0 amide bonds. The average Bonchev–Trinajstić information content (AvgIpc) is 2.87. The highest BCUT2D eigenvalue weighted by Crippen LogP contribution is 2.08. The minimum Gasteiger partial charge on any atom is -0.313 e. The van der Waals surface area contributed by atoms with Crippen molar-refractivity contribution in [3.05, 3.63) is 23.8 Å². The van der Waals surface area contributed by atoms with E-state index in [2.05, 4.69) is 28.4 Å². The Bertz CT molecular complexity index is 226. The Morgan fingerprint density at radius 3 is 2.93 bits per heavy atom. The van der Waals surface area contributed by atoms with Crippen LogP contribution in [-0.2, 0) is 0 Å². The molecule has 0 unspecified atom stereocenters. The second kappa shape index (κ2) is 5.32. The lowest BCUT2D eigenvalue weighted by atomic mass is 10.2. The molecule has 1 aliphatic carbocycles. The number of hydrogen-bond donors (Lipinski definition) is 1. The standard InChI is InChI=1S/C12H20N2/c1-2-6-12(5-1)11-13-7-3-4-8-14-9-10-14/h1-2,5,13H,3-4,6-11H2. The average molecular weight is 192 g/mol. The Labute approximate surface area is 86.7 Å². The van der Waals surface area contributed by atoms with Crippen LogP contribution in [0.25, 0.3) is 0 Å². The van der Waals surface area contributed by atoms with Crippen molar-refractivity contribution in [3.63, 3.8) is 0 Å². The number of nitrogens with zero attached hydrogens (tertiary/aromatic N) is 1. The molecule has 0 spiro atoms. The van der Waals surface area contributed by atoms with E-state index in [4.69, 9.17) is 0 Å². The molecule has 1 heterocycles. The summed E-state index contributed by atoms with van der Waals surface area (Å²) < 4.78 is 0. The number of hydrogen-bond acceptors (Lipinski definition) is 2. The molecule has 1 aliphatic heterocycles. The topological polar surface area (TPSA) is 15.0 Å². The van der Waals surface area contributed by atoms with E-state index in [1.165, 1.54) is 44.6 Å². The first-order chi connectivity index (χ1) is 6.95. The van der Waals surface area contributed by atoms with Gasteiger partial charge in [-0.1, -0.05) is 23.8 Å². The van der Waals surface area contributed by atoms with Gasteiger partial charge >= 0.3 is 0 Å². The van der Waals surface area contributed by atoms with Crippen LogP contribution in [-0.4, -0.2) is 37.6 Å². The molecule has 2 aliphatic rings. The van der Waals surface area contributed by atoms with Gasteiger partial charge in [0.1, 0.15) is 0 Å². The minimum atomic E-state index is 1.08. The minimum absolute atomic E-state index is 1.08. The molecule has 0 saturated carbocycles. The van der Waals surface area contributed by atoms with Crippen LogP contribution in [0.3, 0.4) is 0 Å². The van der Waals surface area contributed by atoms with Crippen molar-refractivity contribution >= 4 is 0 Å². The van der Waals surface area contributed by atoms with E-state index in [9.17, 15) is 0 Å². The molecule has 0 bridgehead atoms. The summed E-state index contributed by atoms with van der Waals surface area (Å²) in [5.41, 5.74) is 1.52. The van der Waals surface area contributed by atoms with Gasteiger partial charge in [-0.3, -0.25) is 0 Å². The SMILES string of the molecule is C1=CCC(CNCCCCN2CC2)=C1. The fourth-order valence-corrected chi connectivity index (χ4v) is 1.75. The first-order valence-electron chi connectivity index (χ1n) is 5.73. The first-order valence-corrected chi connectivity index (χ1v) is 5.73. The van der Waals surface area contributed by atoms with E-state index in [1.54, 1.807) is 0 Å². The fraction of sp³-hybridized carbons (Fsp3) is 0.667. The van der Waals surface area contributed by atoms with E-state index in [-0.39, 0.29) is 0 Å². The van der Waals surface area contributed by atoms with Gasteiger partial charge in [0.15, 0.2) is 0 Å². The van der Waals surface area contributed by atoms with Gasteiger partial charge in [-0.25, -0.2) is 0 Å². The summed E-state index contributed by atoms with van der Waals surface area (Å²) in [6.45, 7) is 6.24. The quantitative estimate of drug-likeness (QED) is 0.486. The van der Waals surface area contributed by atoms with Gasteiger partial charge in [0.25, 0.3) is 0 Å².